The van der Waals surface area contributed by atoms with E-state index in [1.54, 1.807) is 54.6 Å². The molecule has 0 saturated heterocycles. The molecule has 0 fully saturated rings. The second-order valence-corrected chi connectivity index (χ2v) is 6.14. The van der Waals surface area contributed by atoms with Gasteiger partial charge in [-0.3, -0.25) is 9.59 Å². The van der Waals surface area contributed by atoms with Crippen LogP contribution < -0.4 is 9.47 Å². The van der Waals surface area contributed by atoms with Crippen molar-refractivity contribution in [2.75, 3.05) is 14.2 Å². The molecule has 0 aliphatic carbocycles. The Morgan fingerprint density at radius 2 is 1.19 bits per heavy atom. The van der Waals surface area contributed by atoms with E-state index in [0.29, 0.717) is 33.8 Å². The van der Waals surface area contributed by atoms with Crippen LogP contribution in [0.3, 0.4) is 0 Å². The molecule has 3 rings (SSSR count). The zero-order valence-corrected chi connectivity index (χ0v) is 15.5. The molecule has 27 heavy (non-hydrogen) atoms. The molecule has 0 radical (unpaired) electrons. The van der Waals surface area contributed by atoms with Gasteiger partial charge in [0.1, 0.15) is 0 Å². The number of carbonyl (C=O) groups is 2. The molecule has 0 unspecified atom stereocenters. The Bertz CT molecular complexity index is 988. The summed E-state index contributed by atoms with van der Waals surface area (Å²) in [7, 11) is 3.05. The number of aryl methyl sites for hydroxylation is 1. The Kier molecular flexibility index (Phi) is 5.36. The van der Waals surface area contributed by atoms with E-state index in [1.807, 2.05) is 19.1 Å². The molecule has 136 valence electrons. The maximum Gasteiger partial charge on any atom is 0.193 e. The van der Waals surface area contributed by atoms with Crippen LogP contribution in [0.4, 0.5) is 0 Å². The van der Waals surface area contributed by atoms with Gasteiger partial charge in [-0.2, -0.15) is 0 Å². The second-order valence-electron chi connectivity index (χ2n) is 6.14. The average molecular weight is 360 g/mol. The van der Waals surface area contributed by atoms with Gasteiger partial charge in [-0.15, -0.1) is 0 Å². The highest BCUT2D eigenvalue weighted by atomic mass is 16.5. The summed E-state index contributed by atoms with van der Waals surface area (Å²) in [5, 5.41) is 0. The molecule has 3 aromatic carbocycles. The van der Waals surface area contributed by atoms with Crippen LogP contribution in [-0.4, -0.2) is 25.8 Å². The highest BCUT2D eigenvalue weighted by molar-refractivity contribution is 6.19. The standard InChI is InChI=1S/C23H20O4/c1-15-8-10-16(11-9-15)22(24)18-6-4-5-7-19(18)23(25)17-12-13-20(26-2)21(14-17)27-3/h4-14H,1-3H3. The topological polar surface area (TPSA) is 52.6 Å². The number of benzene rings is 3. The van der Waals surface area contributed by atoms with Crippen LogP contribution in [0, 0.1) is 6.92 Å². The summed E-state index contributed by atoms with van der Waals surface area (Å²) in [5.41, 5.74) is 2.78. The molecule has 3 aromatic rings. The van der Waals surface area contributed by atoms with Crippen molar-refractivity contribution in [2.45, 2.75) is 6.92 Å². The van der Waals surface area contributed by atoms with Crippen molar-refractivity contribution < 1.29 is 19.1 Å². The van der Waals surface area contributed by atoms with Crippen molar-refractivity contribution in [3.63, 3.8) is 0 Å². The zero-order chi connectivity index (χ0) is 19.4. The predicted molar refractivity (Wildman–Crippen MR) is 104 cm³/mol. The fourth-order valence-electron chi connectivity index (χ4n) is 2.87. The van der Waals surface area contributed by atoms with Gasteiger partial charge < -0.3 is 9.47 Å². The molecule has 0 aromatic heterocycles. The molecule has 0 heterocycles. The van der Waals surface area contributed by atoms with E-state index in [9.17, 15) is 9.59 Å². The molecule has 4 nitrogen and oxygen atoms in total. The Morgan fingerprint density at radius 3 is 1.74 bits per heavy atom. The summed E-state index contributed by atoms with van der Waals surface area (Å²) in [6.07, 6.45) is 0. The Morgan fingerprint density at radius 1 is 0.667 bits per heavy atom. The van der Waals surface area contributed by atoms with Gasteiger partial charge in [0.15, 0.2) is 23.1 Å². The molecule has 0 spiro atoms. The van der Waals surface area contributed by atoms with E-state index in [-0.39, 0.29) is 11.6 Å². The second kappa shape index (κ2) is 7.87. The minimum atomic E-state index is -0.244. The first-order valence-electron chi connectivity index (χ1n) is 8.52. The minimum Gasteiger partial charge on any atom is -0.493 e. The minimum absolute atomic E-state index is 0.181. The van der Waals surface area contributed by atoms with Gasteiger partial charge in [0.05, 0.1) is 14.2 Å². The van der Waals surface area contributed by atoms with E-state index >= 15 is 0 Å². The lowest BCUT2D eigenvalue weighted by Gasteiger charge is -2.11. The summed E-state index contributed by atoms with van der Waals surface area (Å²) in [6.45, 7) is 1.96. The molecule has 0 atom stereocenters. The van der Waals surface area contributed by atoms with Gasteiger partial charge >= 0.3 is 0 Å². The summed E-state index contributed by atoms with van der Waals surface area (Å²) >= 11 is 0. The summed E-state index contributed by atoms with van der Waals surface area (Å²) < 4.78 is 10.5. The lowest BCUT2D eigenvalue weighted by Crippen LogP contribution is -2.11. The number of rotatable bonds is 6. The summed E-state index contributed by atoms with van der Waals surface area (Å²) in [6, 6.07) is 19.1. The Hall–Kier alpha value is -3.40. The number of carbonyl (C=O) groups excluding carboxylic acids is 2. The van der Waals surface area contributed by atoms with Crippen LogP contribution in [0.5, 0.6) is 11.5 Å². The molecular weight excluding hydrogens is 340 g/mol. The molecular formula is C23H20O4. The lowest BCUT2D eigenvalue weighted by atomic mass is 9.93. The molecule has 0 saturated carbocycles. The first-order valence-corrected chi connectivity index (χ1v) is 8.52. The van der Waals surface area contributed by atoms with Crippen LogP contribution in [0.25, 0.3) is 0 Å². The number of hydrogen-bond donors (Lipinski definition) is 0. The van der Waals surface area contributed by atoms with Crippen LogP contribution in [0.2, 0.25) is 0 Å². The third-order valence-electron chi connectivity index (χ3n) is 4.38. The molecule has 0 aliphatic heterocycles. The van der Waals surface area contributed by atoms with Gasteiger partial charge in [-0.25, -0.2) is 0 Å². The number of methoxy groups -OCH3 is 2. The normalized spacial score (nSPS) is 10.3. The average Bonchev–Trinajstić information content (AvgIpc) is 2.72. The lowest BCUT2D eigenvalue weighted by molar-refractivity contribution is 0.100. The number of ether oxygens (including phenoxy) is 2. The van der Waals surface area contributed by atoms with Crippen LogP contribution in [0.1, 0.15) is 37.4 Å². The highest BCUT2D eigenvalue weighted by Crippen LogP contribution is 2.29. The highest BCUT2D eigenvalue weighted by Gasteiger charge is 2.20. The van der Waals surface area contributed by atoms with Gasteiger partial charge in [-0.1, -0.05) is 54.1 Å². The van der Waals surface area contributed by atoms with E-state index in [2.05, 4.69) is 0 Å². The van der Waals surface area contributed by atoms with Crippen molar-refractivity contribution in [3.8, 4) is 11.5 Å². The van der Waals surface area contributed by atoms with Crippen LogP contribution in [-0.2, 0) is 0 Å². The molecule has 0 N–H and O–H groups in total. The van der Waals surface area contributed by atoms with Gasteiger partial charge in [-0.05, 0) is 25.1 Å². The maximum absolute atomic E-state index is 13.1. The zero-order valence-electron chi connectivity index (χ0n) is 15.5. The fraction of sp³-hybridized carbons (Fsp3) is 0.130. The number of ketones is 2. The Labute approximate surface area is 158 Å². The smallest absolute Gasteiger partial charge is 0.193 e. The van der Waals surface area contributed by atoms with Crippen molar-refractivity contribution >= 4 is 11.6 Å². The predicted octanol–water partition coefficient (Wildman–Crippen LogP) is 4.47. The van der Waals surface area contributed by atoms with E-state index in [0.717, 1.165) is 5.56 Å². The van der Waals surface area contributed by atoms with Crippen molar-refractivity contribution in [1.82, 2.24) is 0 Å². The van der Waals surface area contributed by atoms with Crippen molar-refractivity contribution in [3.05, 3.63) is 94.5 Å². The molecule has 4 heteroatoms. The van der Waals surface area contributed by atoms with E-state index in [1.165, 1.54) is 14.2 Å². The Balaban J connectivity index is 2.02. The van der Waals surface area contributed by atoms with Crippen LogP contribution >= 0.6 is 0 Å². The molecule has 0 aliphatic rings. The number of hydrogen-bond acceptors (Lipinski definition) is 4. The van der Waals surface area contributed by atoms with Gasteiger partial charge in [0.25, 0.3) is 0 Å². The van der Waals surface area contributed by atoms with Crippen molar-refractivity contribution in [1.29, 1.82) is 0 Å². The monoisotopic (exact) mass is 360 g/mol. The molecule has 0 bridgehead atoms. The largest absolute Gasteiger partial charge is 0.493 e. The first kappa shape index (κ1) is 18.4. The quantitative estimate of drug-likeness (QED) is 0.609. The SMILES string of the molecule is COc1ccc(C(=O)c2ccccc2C(=O)c2ccc(C)cc2)cc1OC. The van der Waals surface area contributed by atoms with Crippen LogP contribution in [0.15, 0.2) is 66.7 Å². The summed E-state index contributed by atoms with van der Waals surface area (Å²) in [4.78, 5) is 26.0. The third-order valence-corrected chi connectivity index (χ3v) is 4.38. The van der Waals surface area contributed by atoms with Crippen molar-refractivity contribution in [2.24, 2.45) is 0 Å². The van der Waals surface area contributed by atoms with E-state index < -0.39 is 0 Å². The van der Waals surface area contributed by atoms with Gasteiger partial charge in [0.2, 0.25) is 0 Å². The van der Waals surface area contributed by atoms with Gasteiger partial charge in [0, 0.05) is 22.3 Å². The summed E-state index contributed by atoms with van der Waals surface area (Å²) in [5.74, 6) is 0.579. The maximum atomic E-state index is 13.1. The van der Waals surface area contributed by atoms with E-state index in [4.69, 9.17) is 9.47 Å². The third kappa shape index (κ3) is 3.75. The molecule has 0 amide bonds. The first-order chi connectivity index (χ1) is 13.0. The fourth-order valence-corrected chi connectivity index (χ4v) is 2.87.